The van der Waals surface area contributed by atoms with E-state index >= 15 is 0 Å². The highest BCUT2D eigenvalue weighted by atomic mass is 15.2. The molecule has 0 bridgehead atoms. The van der Waals surface area contributed by atoms with Crippen LogP contribution in [0.1, 0.15) is 58.8 Å². The zero-order chi connectivity index (χ0) is 12.1. The topological polar surface area (TPSA) is 15.3 Å². The molecule has 0 radical (unpaired) electrons. The summed E-state index contributed by atoms with van der Waals surface area (Å²) in [6, 6.07) is 1.55. The van der Waals surface area contributed by atoms with Crippen LogP contribution in [0.15, 0.2) is 0 Å². The Labute approximate surface area is 107 Å². The third-order valence-corrected chi connectivity index (χ3v) is 4.73. The second-order valence-electron chi connectivity index (χ2n) is 6.31. The molecular formula is C15H30N2. The summed E-state index contributed by atoms with van der Waals surface area (Å²) in [5.41, 5.74) is 0. The smallest absolute Gasteiger partial charge is 0.0192 e. The number of hydrogen-bond acceptors (Lipinski definition) is 2. The molecule has 1 aliphatic carbocycles. The zero-order valence-corrected chi connectivity index (χ0v) is 11.8. The number of nitrogens with one attached hydrogen (secondary N) is 1. The van der Waals surface area contributed by atoms with Crippen molar-refractivity contribution in [1.82, 2.24) is 10.2 Å². The van der Waals surface area contributed by atoms with E-state index in [-0.39, 0.29) is 0 Å². The van der Waals surface area contributed by atoms with Crippen LogP contribution in [0, 0.1) is 5.92 Å². The van der Waals surface area contributed by atoms with E-state index in [1.807, 2.05) is 0 Å². The lowest BCUT2D eigenvalue weighted by atomic mass is 10.0. The Morgan fingerprint density at radius 3 is 2.59 bits per heavy atom. The van der Waals surface area contributed by atoms with Crippen LogP contribution in [0.5, 0.6) is 0 Å². The van der Waals surface area contributed by atoms with E-state index in [4.69, 9.17) is 0 Å². The van der Waals surface area contributed by atoms with E-state index in [0.717, 1.165) is 18.0 Å². The molecule has 0 aromatic carbocycles. The second-order valence-corrected chi connectivity index (χ2v) is 6.31. The van der Waals surface area contributed by atoms with Crippen LogP contribution in [0.2, 0.25) is 0 Å². The molecule has 0 spiro atoms. The first-order chi connectivity index (χ1) is 8.25. The normalized spacial score (nSPS) is 30.4. The minimum atomic E-state index is 0.723. The summed E-state index contributed by atoms with van der Waals surface area (Å²) in [4.78, 5) is 2.70. The predicted octanol–water partition coefficient (Wildman–Crippen LogP) is 3.03. The number of likely N-dealkylation sites (tertiary alicyclic amines) is 1. The average Bonchev–Trinajstić information content (AvgIpc) is 2.74. The minimum absolute atomic E-state index is 0.723. The van der Waals surface area contributed by atoms with Crippen molar-refractivity contribution in [2.75, 3.05) is 19.6 Å². The maximum absolute atomic E-state index is 3.77. The van der Waals surface area contributed by atoms with Crippen molar-refractivity contribution in [3.8, 4) is 0 Å². The van der Waals surface area contributed by atoms with Crippen molar-refractivity contribution in [2.45, 2.75) is 70.9 Å². The predicted molar refractivity (Wildman–Crippen MR) is 74.3 cm³/mol. The largest absolute Gasteiger partial charge is 0.312 e. The van der Waals surface area contributed by atoms with Gasteiger partial charge in [0.2, 0.25) is 0 Å². The van der Waals surface area contributed by atoms with Crippen molar-refractivity contribution < 1.29 is 0 Å². The first kappa shape index (κ1) is 13.4. The fourth-order valence-electron chi connectivity index (χ4n) is 3.32. The van der Waals surface area contributed by atoms with Gasteiger partial charge in [-0.05, 0) is 58.0 Å². The quantitative estimate of drug-likeness (QED) is 0.810. The molecule has 0 aromatic rings. The number of nitrogens with zero attached hydrogens (tertiary/aromatic N) is 1. The molecule has 2 unspecified atom stereocenters. The van der Waals surface area contributed by atoms with Gasteiger partial charge in [0.1, 0.15) is 0 Å². The molecule has 1 N–H and O–H groups in total. The SMILES string of the molecule is CC1CCCN(C(C)CNC2CCCC2)CC1. The fraction of sp³-hybridized carbons (Fsp3) is 1.00. The fourth-order valence-corrected chi connectivity index (χ4v) is 3.32. The van der Waals surface area contributed by atoms with Gasteiger partial charge in [0.05, 0.1) is 0 Å². The zero-order valence-electron chi connectivity index (χ0n) is 11.8. The van der Waals surface area contributed by atoms with Gasteiger partial charge in [0.15, 0.2) is 0 Å². The molecule has 2 atom stereocenters. The number of rotatable bonds is 4. The lowest BCUT2D eigenvalue weighted by Gasteiger charge is -2.29. The van der Waals surface area contributed by atoms with E-state index in [9.17, 15) is 0 Å². The Balaban J connectivity index is 1.68. The van der Waals surface area contributed by atoms with Gasteiger partial charge in [-0.2, -0.15) is 0 Å². The van der Waals surface area contributed by atoms with Crippen LogP contribution in [-0.4, -0.2) is 36.6 Å². The van der Waals surface area contributed by atoms with E-state index in [0.29, 0.717) is 0 Å². The van der Waals surface area contributed by atoms with Crippen LogP contribution >= 0.6 is 0 Å². The molecule has 1 aliphatic heterocycles. The Morgan fingerprint density at radius 1 is 1.06 bits per heavy atom. The molecule has 1 heterocycles. The van der Waals surface area contributed by atoms with Gasteiger partial charge in [-0.1, -0.05) is 19.8 Å². The van der Waals surface area contributed by atoms with E-state index in [1.165, 1.54) is 64.6 Å². The van der Waals surface area contributed by atoms with E-state index in [1.54, 1.807) is 0 Å². The van der Waals surface area contributed by atoms with Crippen molar-refractivity contribution in [1.29, 1.82) is 0 Å². The molecule has 0 amide bonds. The van der Waals surface area contributed by atoms with Gasteiger partial charge in [0, 0.05) is 18.6 Å². The first-order valence-corrected chi connectivity index (χ1v) is 7.73. The molecule has 2 nitrogen and oxygen atoms in total. The van der Waals surface area contributed by atoms with Crippen molar-refractivity contribution >= 4 is 0 Å². The average molecular weight is 238 g/mol. The van der Waals surface area contributed by atoms with Gasteiger partial charge in [-0.15, -0.1) is 0 Å². The Morgan fingerprint density at radius 2 is 1.82 bits per heavy atom. The lowest BCUT2D eigenvalue weighted by molar-refractivity contribution is 0.206. The molecule has 17 heavy (non-hydrogen) atoms. The summed E-state index contributed by atoms with van der Waals surface area (Å²) in [7, 11) is 0. The third kappa shape index (κ3) is 4.26. The molecule has 2 rings (SSSR count). The maximum Gasteiger partial charge on any atom is 0.0192 e. The van der Waals surface area contributed by atoms with Crippen molar-refractivity contribution in [3.05, 3.63) is 0 Å². The van der Waals surface area contributed by atoms with Gasteiger partial charge in [-0.3, -0.25) is 4.90 Å². The maximum atomic E-state index is 3.77. The Kier molecular flexibility index (Phi) is 5.30. The molecule has 0 aromatic heterocycles. The molecule has 2 aliphatic rings. The Hall–Kier alpha value is -0.0800. The van der Waals surface area contributed by atoms with E-state index in [2.05, 4.69) is 24.1 Å². The van der Waals surface area contributed by atoms with Crippen molar-refractivity contribution in [3.63, 3.8) is 0 Å². The molecule has 2 fully saturated rings. The summed E-state index contributed by atoms with van der Waals surface area (Å²) in [6.07, 6.45) is 9.91. The molecule has 1 saturated carbocycles. The lowest BCUT2D eigenvalue weighted by Crippen LogP contribution is -2.43. The van der Waals surface area contributed by atoms with Crippen molar-refractivity contribution in [2.24, 2.45) is 5.92 Å². The van der Waals surface area contributed by atoms with Crippen LogP contribution in [-0.2, 0) is 0 Å². The first-order valence-electron chi connectivity index (χ1n) is 7.73. The summed E-state index contributed by atoms with van der Waals surface area (Å²) < 4.78 is 0. The summed E-state index contributed by atoms with van der Waals surface area (Å²) in [5.74, 6) is 0.940. The van der Waals surface area contributed by atoms with Crippen LogP contribution < -0.4 is 5.32 Å². The number of hydrogen-bond donors (Lipinski definition) is 1. The van der Waals surface area contributed by atoms with Crippen LogP contribution in [0.4, 0.5) is 0 Å². The molecule has 1 saturated heterocycles. The van der Waals surface area contributed by atoms with E-state index < -0.39 is 0 Å². The monoisotopic (exact) mass is 238 g/mol. The molecular weight excluding hydrogens is 208 g/mol. The van der Waals surface area contributed by atoms with Gasteiger partial charge < -0.3 is 5.32 Å². The van der Waals surface area contributed by atoms with Crippen LogP contribution in [0.25, 0.3) is 0 Å². The highest BCUT2D eigenvalue weighted by molar-refractivity contribution is 4.78. The van der Waals surface area contributed by atoms with Crippen LogP contribution in [0.3, 0.4) is 0 Å². The second kappa shape index (κ2) is 6.75. The summed E-state index contributed by atoms with van der Waals surface area (Å²) in [5, 5.41) is 3.77. The molecule has 2 heteroatoms. The van der Waals surface area contributed by atoms with Gasteiger partial charge in [-0.25, -0.2) is 0 Å². The third-order valence-electron chi connectivity index (χ3n) is 4.73. The summed E-state index contributed by atoms with van der Waals surface area (Å²) in [6.45, 7) is 8.63. The van der Waals surface area contributed by atoms with Gasteiger partial charge in [0.25, 0.3) is 0 Å². The van der Waals surface area contributed by atoms with Gasteiger partial charge >= 0.3 is 0 Å². The summed E-state index contributed by atoms with van der Waals surface area (Å²) >= 11 is 0. The molecule has 100 valence electrons. The highest BCUT2D eigenvalue weighted by Gasteiger charge is 2.20. The highest BCUT2D eigenvalue weighted by Crippen LogP contribution is 2.19. The minimum Gasteiger partial charge on any atom is -0.312 e. The Bertz CT molecular complexity index is 211. The standard InChI is InChI=1S/C15H30N2/c1-13-6-5-10-17(11-9-13)14(2)12-16-15-7-3-4-8-15/h13-16H,3-12H2,1-2H3.